The van der Waals surface area contributed by atoms with E-state index in [-0.39, 0.29) is 12.3 Å². The Hall–Kier alpha value is -4.39. The number of methoxy groups -OCH3 is 1. The van der Waals surface area contributed by atoms with Crippen LogP contribution < -0.4 is 15.8 Å². The molecule has 166 valence electrons. The fraction of sp³-hybridized carbons (Fsp3) is 0.115. The highest BCUT2D eigenvalue weighted by Gasteiger charge is 2.19. The molecule has 33 heavy (non-hydrogen) atoms. The third-order valence-electron chi connectivity index (χ3n) is 5.13. The summed E-state index contributed by atoms with van der Waals surface area (Å²) >= 11 is 0. The summed E-state index contributed by atoms with van der Waals surface area (Å²) in [7, 11) is 1.60. The number of nitrogens with two attached hydrogens (primary N) is 1. The molecule has 2 amide bonds. The molecule has 0 bridgehead atoms. The predicted molar refractivity (Wildman–Crippen MR) is 127 cm³/mol. The quantitative estimate of drug-likeness (QED) is 0.434. The van der Waals surface area contributed by atoms with Crippen LogP contribution in [-0.2, 0) is 17.8 Å². The first kappa shape index (κ1) is 21.8. The largest absolute Gasteiger partial charge is 0.497 e. The van der Waals surface area contributed by atoms with Crippen LogP contribution in [0.4, 0.5) is 5.69 Å². The molecule has 0 atom stereocenters. The van der Waals surface area contributed by atoms with Gasteiger partial charge < -0.3 is 15.8 Å². The van der Waals surface area contributed by atoms with Gasteiger partial charge in [0.2, 0.25) is 5.91 Å². The molecule has 0 aliphatic carbocycles. The van der Waals surface area contributed by atoms with Gasteiger partial charge in [0.25, 0.3) is 5.91 Å². The Bertz CT molecular complexity index is 1260. The Morgan fingerprint density at radius 3 is 2.42 bits per heavy atom. The fourth-order valence-corrected chi connectivity index (χ4v) is 3.53. The number of primary amides is 1. The van der Waals surface area contributed by atoms with Gasteiger partial charge in [-0.2, -0.15) is 5.10 Å². The molecule has 7 heteroatoms. The molecule has 1 heterocycles. The molecule has 3 N–H and O–H groups in total. The van der Waals surface area contributed by atoms with Gasteiger partial charge in [-0.15, -0.1) is 0 Å². The van der Waals surface area contributed by atoms with Crippen LogP contribution >= 0.6 is 0 Å². The monoisotopic (exact) mass is 440 g/mol. The lowest BCUT2D eigenvalue weighted by Gasteiger charge is -2.07. The Balaban J connectivity index is 1.64. The van der Waals surface area contributed by atoms with Gasteiger partial charge in [-0.25, -0.2) is 0 Å². The molecule has 1 aromatic heterocycles. The Labute approximate surface area is 191 Å². The second-order valence-electron chi connectivity index (χ2n) is 7.60. The normalized spacial score (nSPS) is 10.6. The first-order chi connectivity index (χ1) is 16.0. The summed E-state index contributed by atoms with van der Waals surface area (Å²) in [6, 6.07) is 24.4. The van der Waals surface area contributed by atoms with Crippen molar-refractivity contribution in [1.82, 2.24) is 9.78 Å². The number of hydrogen-bond acceptors (Lipinski definition) is 4. The summed E-state index contributed by atoms with van der Waals surface area (Å²) in [4.78, 5) is 24.3. The number of nitrogens with zero attached hydrogens (tertiary/aromatic N) is 2. The molecule has 0 aliphatic heterocycles. The van der Waals surface area contributed by atoms with E-state index < -0.39 is 5.91 Å². The minimum atomic E-state index is -0.402. The van der Waals surface area contributed by atoms with E-state index in [2.05, 4.69) is 5.32 Å². The van der Waals surface area contributed by atoms with Gasteiger partial charge in [0, 0.05) is 17.4 Å². The van der Waals surface area contributed by atoms with Crippen LogP contribution in [0.15, 0.2) is 85.1 Å². The molecule has 7 nitrogen and oxygen atoms in total. The van der Waals surface area contributed by atoms with E-state index in [9.17, 15) is 9.59 Å². The highest BCUT2D eigenvalue weighted by atomic mass is 16.5. The summed E-state index contributed by atoms with van der Waals surface area (Å²) in [6.07, 6.45) is 1.90. The van der Waals surface area contributed by atoms with Gasteiger partial charge in [0.1, 0.15) is 11.4 Å². The number of ether oxygens (including phenoxy) is 1. The smallest absolute Gasteiger partial charge is 0.259 e. The lowest BCUT2D eigenvalue weighted by molar-refractivity contribution is -0.117. The number of aromatic nitrogens is 2. The maximum absolute atomic E-state index is 13.2. The third kappa shape index (κ3) is 5.46. The number of carbonyl (C=O) groups is 2. The van der Waals surface area contributed by atoms with Crippen molar-refractivity contribution in [3.8, 4) is 17.0 Å². The van der Waals surface area contributed by atoms with Crippen molar-refractivity contribution in [3.05, 3.63) is 102 Å². The van der Waals surface area contributed by atoms with E-state index in [0.717, 1.165) is 16.7 Å². The summed E-state index contributed by atoms with van der Waals surface area (Å²) in [5.41, 5.74) is 9.51. The second-order valence-corrected chi connectivity index (χ2v) is 7.60. The van der Waals surface area contributed by atoms with Crippen molar-refractivity contribution in [2.75, 3.05) is 12.4 Å². The first-order valence-corrected chi connectivity index (χ1v) is 10.5. The van der Waals surface area contributed by atoms with E-state index in [1.54, 1.807) is 42.3 Å². The number of rotatable bonds is 8. The number of carbonyl (C=O) groups excluding carboxylic acids is 2. The number of amides is 2. The molecular weight excluding hydrogens is 416 g/mol. The summed E-state index contributed by atoms with van der Waals surface area (Å²) < 4.78 is 7.10. The number of hydrogen-bond donors (Lipinski definition) is 2. The van der Waals surface area contributed by atoms with Gasteiger partial charge in [0.15, 0.2) is 0 Å². The lowest BCUT2D eigenvalue weighted by Crippen LogP contribution is -2.14. The topological polar surface area (TPSA) is 99.2 Å². The minimum Gasteiger partial charge on any atom is -0.497 e. The fourth-order valence-electron chi connectivity index (χ4n) is 3.53. The van der Waals surface area contributed by atoms with Crippen molar-refractivity contribution in [1.29, 1.82) is 0 Å². The van der Waals surface area contributed by atoms with Crippen LogP contribution in [0.2, 0.25) is 0 Å². The molecule has 0 unspecified atom stereocenters. The molecule has 0 saturated carbocycles. The molecule has 3 aromatic carbocycles. The third-order valence-corrected chi connectivity index (χ3v) is 5.13. The molecule has 0 radical (unpaired) electrons. The van der Waals surface area contributed by atoms with Crippen molar-refractivity contribution in [2.24, 2.45) is 5.73 Å². The molecular formula is C26H24N4O3. The Morgan fingerprint density at radius 1 is 0.970 bits per heavy atom. The van der Waals surface area contributed by atoms with E-state index in [4.69, 9.17) is 15.6 Å². The Kier molecular flexibility index (Phi) is 6.50. The average molecular weight is 441 g/mol. The highest BCUT2D eigenvalue weighted by molar-refractivity contribution is 6.08. The van der Waals surface area contributed by atoms with Crippen LogP contribution in [0, 0.1) is 0 Å². The zero-order chi connectivity index (χ0) is 23.2. The van der Waals surface area contributed by atoms with Crippen LogP contribution in [0.3, 0.4) is 0 Å². The number of anilines is 1. The second kappa shape index (κ2) is 9.82. The van der Waals surface area contributed by atoms with Crippen molar-refractivity contribution < 1.29 is 14.3 Å². The minimum absolute atomic E-state index is 0.153. The Morgan fingerprint density at radius 2 is 1.73 bits per heavy atom. The van der Waals surface area contributed by atoms with Crippen LogP contribution in [-0.4, -0.2) is 28.7 Å². The van der Waals surface area contributed by atoms with E-state index in [0.29, 0.717) is 29.2 Å². The molecule has 0 fully saturated rings. The summed E-state index contributed by atoms with van der Waals surface area (Å²) in [5, 5.41) is 7.62. The molecule has 0 aliphatic rings. The number of nitrogens with one attached hydrogen (secondary N) is 1. The van der Waals surface area contributed by atoms with Gasteiger partial charge in [0.05, 0.1) is 25.6 Å². The summed E-state index contributed by atoms with van der Waals surface area (Å²) in [6.45, 7) is 0.535. The van der Waals surface area contributed by atoms with Gasteiger partial charge in [-0.05, 0) is 35.4 Å². The van der Waals surface area contributed by atoms with Crippen molar-refractivity contribution in [3.63, 3.8) is 0 Å². The predicted octanol–water partition coefficient (Wildman–Crippen LogP) is 3.89. The van der Waals surface area contributed by atoms with Gasteiger partial charge >= 0.3 is 0 Å². The van der Waals surface area contributed by atoms with E-state index >= 15 is 0 Å². The number of benzene rings is 3. The first-order valence-electron chi connectivity index (χ1n) is 10.5. The maximum atomic E-state index is 13.2. The SMILES string of the molecule is COc1cccc(-c2nn(Cc3ccccc3)cc2C(=O)Nc2ccc(CC(N)=O)cc2)c1. The van der Waals surface area contributed by atoms with Crippen LogP contribution in [0.5, 0.6) is 5.75 Å². The van der Waals surface area contributed by atoms with E-state index in [1.165, 1.54) is 0 Å². The van der Waals surface area contributed by atoms with Gasteiger partial charge in [-0.1, -0.05) is 54.6 Å². The van der Waals surface area contributed by atoms with Crippen LogP contribution in [0.1, 0.15) is 21.5 Å². The lowest BCUT2D eigenvalue weighted by atomic mass is 10.1. The average Bonchev–Trinajstić information content (AvgIpc) is 3.25. The van der Waals surface area contributed by atoms with Crippen molar-refractivity contribution in [2.45, 2.75) is 13.0 Å². The zero-order valence-electron chi connectivity index (χ0n) is 18.2. The highest BCUT2D eigenvalue weighted by Crippen LogP contribution is 2.27. The molecule has 4 aromatic rings. The summed E-state index contributed by atoms with van der Waals surface area (Å²) in [5.74, 6) is -0.00293. The molecule has 4 rings (SSSR count). The molecule has 0 saturated heterocycles. The zero-order valence-corrected chi connectivity index (χ0v) is 18.2. The molecule has 0 spiro atoms. The maximum Gasteiger partial charge on any atom is 0.259 e. The van der Waals surface area contributed by atoms with Gasteiger partial charge in [-0.3, -0.25) is 14.3 Å². The standard InChI is InChI=1S/C26H24N4O3/c1-33-22-9-5-8-20(15-22)25-23(17-30(29-25)16-19-6-3-2-4-7-19)26(32)28-21-12-10-18(11-13-21)14-24(27)31/h2-13,15,17H,14,16H2,1H3,(H2,27,31)(H,28,32). The van der Waals surface area contributed by atoms with Crippen molar-refractivity contribution >= 4 is 17.5 Å². The van der Waals surface area contributed by atoms with Crippen LogP contribution in [0.25, 0.3) is 11.3 Å². The van der Waals surface area contributed by atoms with E-state index in [1.807, 2.05) is 54.6 Å².